The Morgan fingerprint density at radius 2 is 2.32 bits per heavy atom. The van der Waals surface area contributed by atoms with Gasteiger partial charge in [-0.2, -0.15) is 0 Å². The molecule has 0 atom stereocenters. The van der Waals surface area contributed by atoms with Crippen LogP contribution in [-0.4, -0.2) is 33.6 Å². The van der Waals surface area contributed by atoms with Gasteiger partial charge in [0.15, 0.2) is 17.4 Å². The molecule has 2 aromatic rings. The summed E-state index contributed by atoms with van der Waals surface area (Å²) in [6, 6.07) is 5.80. The summed E-state index contributed by atoms with van der Waals surface area (Å²) in [4.78, 5) is 4.47. The van der Waals surface area contributed by atoms with Crippen LogP contribution in [0.5, 0.6) is 0 Å². The quantitative estimate of drug-likeness (QED) is 0.476. The van der Waals surface area contributed by atoms with E-state index in [9.17, 15) is 0 Å². The van der Waals surface area contributed by atoms with E-state index in [-0.39, 0.29) is 0 Å². The zero-order valence-corrected chi connectivity index (χ0v) is 11.0. The first-order valence-corrected chi connectivity index (χ1v) is 6.27. The molecular formula is C13H18N6. The standard InChI is InChI=1S/C13H18N6/c1-3-8-15-13(14-4-2)16-10-12-18-17-11-7-5-6-9-19(11)12/h3,5-7,9H,1,4,8,10H2,2H3,(H2,14,15,16). The fourth-order valence-corrected chi connectivity index (χ4v) is 1.66. The first-order valence-electron chi connectivity index (χ1n) is 6.27. The molecule has 2 N–H and O–H groups in total. The molecular weight excluding hydrogens is 240 g/mol. The second-order valence-corrected chi connectivity index (χ2v) is 3.91. The monoisotopic (exact) mass is 258 g/mol. The van der Waals surface area contributed by atoms with E-state index in [0.29, 0.717) is 13.1 Å². The van der Waals surface area contributed by atoms with Gasteiger partial charge in [-0.1, -0.05) is 12.1 Å². The summed E-state index contributed by atoms with van der Waals surface area (Å²) in [6.07, 6.45) is 3.73. The average Bonchev–Trinajstić information content (AvgIpc) is 2.85. The maximum absolute atomic E-state index is 4.47. The van der Waals surface area contributed by atoms with Crippen molar-refractivity contribution < 1.29 is 0 Å². The molecule has 0 aliphatic rings. The third-order valence-electron chi connectivity index (χ3n) is 2.52. The first kappa shape index (κ1) is 13.1. The van der Waals surface area contributed by atoms with E-state index >= 15 is 0 Å². The predicted octanol–water partition coefficient (Wildman–Crippen LogP) is 0.970. The molecule has 0 aliphatic carbocycles. The Hall–Kier alpha value is -2.37. The minimum atomic E-state index is 0.470. The zero-order chi connectivity index (χ0) is 13.5. The van der Waals surface area contributed by atoms with E-state index in [1.54, 1.807) is 6.08 Å². The molecule has 0 saturated heterocycles. The summed E-state index contributed by atoms with van der Waals surface area (Å²) in [5.41, 5.74) is 0.830. The number of fused-ring (bicyclic) bond motifs is 1. The highest BCUT2D eigenvalue weighted by Crippen LogP contribution is 2.03. The first-order chi connectivity index (χ1) is 9.35. The summed E-state index contributed by atoms with van der Waals surface area (Å²) in [6.45, 7) is 7.65. The minimum absolute atomic E-state index is 0.470. The van der Waals surface area contributed by atoms with Crippen molar-refractivity contribution in [2.45, 2.75) is 13.5 Å². The Morgan fingerprint density at radius 1 is 1.42 bits per heavy atom. The molecule has 2 heterocycles. The van der Waals surface area contributed by atoms with Gasteiger partial charge in [0.2, 0.25) is 0 Å². The number of hydrogen-bond acceptors (Lipinski definition) is 3. The van der Waals surface area contributed by atoms with E-state index in [1.165, 1.54) is 0 Å². The zero-order valence-electron chi connectivity index (χ0n) is 11.0. The predicted molar refractivity (Wildman–Crippen MR) is 76.0 cm³/mol. The summed E-state index contributed by atoms with van der Waals surface area (Å²) < 4.78 is 1.93. The van der Waals surface area contributed by atoms with Crippen LogP contribution in [-0.2, 0) is 6.54 Å². The smallest absolute Gasteiger partial charge is 0.191 e. The maximum Gasteiger partial charge on any atom is 0.191 e. The van der Waals surface area contributed by atoms with Crippen molar-refractivity contribution in [1.82, 2.24) is 25.2 Å². The van der Waals surface area contributed by atoms with Crippen LogP contribution >= 0.6 is 0 Å². The average molecular weight is 258 g/mol. The molecule has 6 heteroatoms. The Balaban J connectivity index is 2.12. The summed E-state index contributed by atoms with van der Waals surface area (Å²) in [7, 11) is 0. The van der Waals surface area contributed by atoms with Crippen molar-refractivity contribution in [3.8, 4) is 0 Å². The molecule has 2 aromatic heterocycles. The lowest BCUT2D eigenvalue weighted by Gasteiger charge is -2.08. The number of nitrogens with zero attached hydrogens (tertiary/aromatic N) is 4. The van der Waals surface area contributed by atoms with Gasteiger partial charge in [-0.25, -0.2) is 4.99 Å². The fourth-order valence-electron chi connectivity index (χ4n) is 1.66. The molecule has 0 aromatic carbocycles. The molecule has 6 nitrogen and oxygen atoms in total. The molecule has 0 bridgehead atoms. The van der Waals surface area contributed by atoms with Crippen molar-refractivity contribution in [2.24, 2.45) is 4.99 Å². The SMILES string of the molecule is C=CCNC(=NCc1nnc2ccccn12)NCC. The van der Waals surface area contributed by atoms with Gasteiger partial charge in [-0.05, 0) is 19.1 Å². The van der Waals surface area contributed by atoms with E-state index < -0.39 is 0 Å². The number of aliphatic imine (C=N–C) groups is 1. The van der Waals surface area contributed by atoms with Crippen molar-refractivity contribution in [1.29, 1.82) is 0 Å². The van der Waals surface area contributed by atoms with E-state index in [4.69, 9.17) is 0 Å². The van der Waals surface area contributed by atoms with E-state index in [2.05, 4.69) is 32.4 Å². The Bertz CT molecular complexity index is 571. The number of aromatic nitrogens is 3. The molecule has 0 radical (unpaired) electrons. The number of rotatable bonds is 5. The Morgan fingerprint density at radius 3 is 3.11 bits per heavy atom. The Kier molecular flexibility index (Phi) is 4.49. The van der Waals surface area contributed by atoms with Crippen LogP contribution in [0.15, 0.2) is 42.0 Å². The van der Waals surface area contributed by atoms with Gasteiger partial charge in [0.1, 0.15) is 6.54 Å². The van der Waals surface area contributed by atoms with Gasteiger partial charge in [-0.15, -0.1) is 16.8 Å². The van der Waals surface area contributed by atoms with Crippen LogP contribution in [0.2, 0.25) is 0 Å². The fraction of sp³-hybridized carbons (Fsp3) is 0.308. The summed E-state index contributed by atoms with van der Waals surface area (Å²) >= 11 is 0. The second-order valence-electron chi connectivity index (χ2n) is 3.91. The van der Waals surface area contributed by atoms with Gasteiger partial charge < -0.3 is 10.6 Å². The second kappa shape index (κ2) is 6.53. The molecule has 19 heavy (non-hydrogen) atoms. The molecule has 0 amide bonds. The van der Waals surface area contributed by atoms with Crippen molar-refractivity contribution in [3.63, 3.8) is 0 Å². The maximum atomic E-state index is 4.47. The van der Waals surface area contributed by atoms with Gasteiger partial charge in [0.25, 0.3) is 0 Å². The minimum Gasteiger partial charge on any atom is -0.357 e. The van der Waals surface area contributed by atoms with Gasteiger partial charge in [-0.3, -0.25) is 4.40 Å². The van der Waals surface area contributed by atoms with E-state index in [1.807, 2.05) is 35.7 Å². The topological polar surface area (TPSA) is 66.6 Å². The summed E-state index contributed by atoms with van der Waals surface area (Å²) in [5, 5.41) is 14.5. The number of nitrogens with one attached hydrogen (secondary N) is 2. The number of pyridine rings is 1. The molecule has 0 fully saturated rings. The lowest BCUT2D eigenvalue weighted by Crippen LogP contribution is -2.37. The molecule has 2 rings (SSSR count). The van der Waals surface area contributed by atoms with E-state index in [0.717, 1.165) is 24.0 Å². The van der Waals surface area contributed by atoms with Crippen molar-refractivity contribution in [2.75, 3.05) is 13.1 Å². The summed E-state index contributed by atoms with van der Waals surface area (Å²) in [5.74, 6) is 1.56. The van der Waals surface area contributed by atoms with Crippen LogP contribution in [0.1, 0.15) is 12.7 Å². The number of guanidine groups is 1. The van der Waals surface area contributed by atoms with Crippen LogP contribution in [0.3, 0.4) is 0 Å². The van der Waals surface area contributed by atoms with Crippen molar-refractivity contribution >= 4 is 11.6 Å². The molecule has 100 valence electrons. The van der Waals surface area contributed by atoms with Gasteiger partial charge >= 0.3 is 0 Å². The van der Waals surface area contributed by atoms with Crippen LogP contribution < -0.4 is 10.6 Å². The Labute approximate surface area is 112 Å². The van der Waals surface area contributed by atoms with Crippen LogP contribution in [0, 0.1) is 0 Å². The highest BCUT2D eigenvalue weighted by atomic mass is 15.3. The van der Waals surface area contributed by atoms with Crippen molar-refractivity contribution in [3.05, 3.63) is 42.9 Å². The van der Waals surface area contributed by atoms with Gasteiger partial charge in [0.05, 0.1) is 0 Å². The number of hydrogen-bond donors (Lipinski definition) is 2. The third-order valence-corrected chi connectivity index (χ3v) is 2.52. The molecule has 0 aliphatic heterocycles. The lowest BCUT2D eigenvalue weighted by molar-refractivity contribution is 0.828. The molecule has 0 spiro atoms. The normalized spacial score (nSPS) is 11.5. The van der Waals surface area contributed by atoms with Crippen LogP contribution in [0.4, 0.5) is 0 Å². The molecule has 0 saturated carbocycles. The third kappa shape index (κ3) is 3.31. The van der Waals surface area contributed by atoms with Crippen LogP contribution in [0.25, 0.3) is 5.65 Å². The molecule has 0 unspecified atom stereocenters. The lowest BCUT2D eigenvalue weighted by atomic mass is 10.4. The van der Waals surface area contributed by atoms with Gasteiger partial charge in [0, 0.05) is 19.3 Å². The largest absolute Gasteiger partial charge is 0.357 e. The highest BCUT2D eigenvalue weighted by molar-refractivity contribution is 5.79. The highest BCUT2D eigenvalue weighted by Gasteiger charge is 2.03.